The molecule has 0 saturated carbocycles. The number of hydrogen-bond donors (Lipinski definition) is 3. The summed E-state index contributed by atoms with van der Waals surface area (Å²) in [5.41, 5.74) is 1.94. The zero-order chi connectivity index (χ0) is 16.8. The van der Waals surface area contributed by atoms with Gasteiger partial charge in [-0.25, -0.2) is 0 Å². The summed E-state index contributed by atoms with van der Waals surface area (Å²) in [7, 11) is 0. The molecular formula is C18H20N4O2. The number of aromatic nitrogens is 1. The van der Waals surface area contributed by atoms with E-state index in [2.05, 4.69) is 20.9 Å². The summed E-state index contributed by atoms with van der Waals surface area (Å²) in [6.07, 6.45) is 2.53. The molecule has 1 aromatic carbocycles. The van der Waals surface area contributed by atoms with E-state index in [9.17, 15) is 9.59 Å². The Morgan fingerprint density at radius 1 is 1.21 bits per heavy atom. The molecule has 3 N–H and O–H groups in total. The summed E-state index contributed by atoms with van der Waals surface area (Å²) in [6, 6.07) is 12.5. The van der Waals surface area contributed by atoms with Gasteiger partial charge < -0.3 is 16.0 Å². The third kappa shape index (κ3) is 4.17. The summed E-state index contributed by atoms with van der Waals surface area (Å²) >= 11 is 0. The van der Waals surface area contributed by atoms with Gasteiger partial charge in [0.2, 0.25) is 5.91 Å². The van der Waals surface area contributed by atoms with E-state index in [1.807, 2.05) is 18.2 Å². The number of amides is 2. The van der Waals surface area contributed by atoms with Gasteiger partial charge in [0.15, 0.2) is 0 Å². The minimum atomic E-state index is -0.195. The van der Waals surface area contributed by atoms with Crippen molar-refractivity contribution in [2.24, 2.45) is 5.92 Å². The van der Waals surface area contributed by atoms with Crippen LogP contribution in [0.5, 0.6) is 0 Å². The monoisotopic (exact) mass is 324 g/mol. The smallest absolute Gasteiger partial charge is 0.251 e. The lowest BCUT2D eigenvalue weighted by Crippen LogP contribution is -2.25. The fourth-order valence-corrected chi connectivity index (χ4v) is 2.64. The second-order valence-corrected chi connectivity index (χ2v) is 5.76. The molecule has 2 heterocycles. The number of hydrogen-bond acceptors (Lipinski definition) is 4. The van der Waals surface area contributed by atoms with Crippen LogP contribution in [0.1, 0.15) is 22.5 Å². The maximum atomic E-state index is 12.3. The number of pyridine rings is 1. The number of carbonyl (C=O) groups is 2. The van der Waals surface area contributed by atoms with Gasteiger partial charge in [0, 0.05) is 24.0 Å². The molecule has 0 spiro atoms. The average molecular weight is 324 g/mol. The van der Waals surface area contributed by atoms with Crippen LogP contribution in [0.4, 0.5) is 5.69 Å². The van der Waals surface area contributed by atoms with Crippen LogP contribution in [0, 0.1) is 5.92 Å². The highest BCUT2D eigenvalue weighted by atomic mass is 16.2. The van der Waals surface area contributed by atoms with Crippen molar-refractivity contribution in [1.29, 1.82) is 0 Å². The molecule has 2 aromatic rings. The zero-order valence-corrected chi connectivity index (χ0v) is 13.3. The van der Waals surface area contributed by atoms with E-state index in [1.54, 1.807) is 30.5 Å². The minimum Gasteiger partial charge on any atom is -0.346 e. The van der Waals surface area contributed by atoms with E-state index in [0.29, 0.717) is 24.3 Å². The van der Waals surface area contributed by atoms with Crippen LogP contribution in [-0.4, -0.2) is 29.9 Å². The normalized spacial score (nSPS) is 16.6. The lowest BCUT2D eigenvalue weighted by Gasteiger charge is -2.11. The highest BCUT2D eigenvalue weighted by Gasteiger charge is 2.22. The Morgan fingerprint density at radius 3 is 2.88 bits per heavy atom. The second kappa shape index (κ2) is 7.70. The number of anilines is 1. The molecule has 6 heteroatoms. The van der Waals surface area contributed by atoms with Gasteiger partial charge in [0.25, 0.3) is 5.91 Å². The standard InChI is InChI=1S/C18H20N4O2/c23-17(21-12-16-5-1-2-8-20-16)13-4-3-6-15(10-13)22-18(24)14-7-9-19-11-14/h1-6,8,10,14,19H,7,9,11-12H2,(H,21,23)(H,22,24). The van der Waals surface area contributed by atoms with Gasteiger partial charge in [0.1, 0.15) is 0 Å². The molecule has 1 atom stereocenters. The van der Waals surface area contributed by atoms with Crippen LogP contribution in [0.25, 0.3) is 0 Å². The molecule has 1 aliphatic rings. The topological polar surface area (TPSA) is 83.1 Å². The highest BCUT2D eigenvalue weighted by molar-refractivity contribution is 5.97. The van der Waals surface area contributed by atoms with Crippen molar-refractivity contribution in [3.8, 4) is 0 Å². The lowest BCUT2D eigenvalue weighted by molar-refractivity contribution is -0.119. The largest absolute Gasteiger partial charge is 0.346 e. The Kier molecular flexibility index (Phi) is 5.18. The molecule has 1 saturated heterocycles. The Balaban J connectivity index is 1.59. The van der Waals surface area contributed by atoms with Crippen molar-refractivity contribution in [2.75, 3.05) is 18.4 Å². The predicted octanol–water partition coefficient (Wildman–Crippen LogP) is 1.56. The zero-order valence-electron chi connectivity index (χ0n) is 13.3. The molecule has 1 fully saturated rings. The summed E-state index contributed by atoms with van der Waals surface area (Å²) in [4.78, 5) is 28.6. The third-order valence-electron chi connectivity index (χ3n) is 3.98. The molecule has 3 rings (SSSR count). The van der Waals surface area contributed by atoms with E-state index in [0.717, 1.165) is 18.7 Å². The van der Waals surface area contributed by atoms with Gasteiger partial charge in [-0.3, -0.25) is 14.6 Å². The molecule has 0 radical (unpaired) electrons. The molecule has 124 valence electrons. The number of carbonyl (C=O) groups excluding carboxylic acids is 2. The predicted molar refractivity (Wildman–Crippen MR) is 91.5 cm³/mol. The molecule has 0 aliphatic carbocycles. The summed E-state index contributed by atoms with van der Waals surface area (Å²) in [5, 5.41) is 8.88. The van der Waals surface area contributed by atoms with Crippen LogP contribution in [0.15, 0.2) is 48.7 Å². The van der Waals surface area contributed by atoms with Crippen molar-refractivity contribution in [1.82, 2.24) is 15.6 Å². The van der Waals surface area contributed by atoms with Crippen molar-refractivity contribution < 1.29 is 9.59 Å². The molecule has 2 amide bonds. The van der Waals surface area contributed by atoms with Gasteiger partial charge in [-0.15, -0.1) is 0 Å². The Labute approximate surface area is 140 Å². The quantitative estimate of drug-likeness (QED) is 0.779. The summed E-state index contributed by atoms with van der Waals surface area (Å²) < 4.78 is 0. The average Bonchev–Trinajstić information content (AvgIpc) is 3.15. The molecule has 1 unspecified atom stereocenters. The SMILES string of the molecule is O=C(NCc1ccccn1)c1cccc(NC(=O)C2CCNC2)c1. The first-order valence-electron chi connectivity index (χ1n) is 8.02. The van der Waals surface area contributed by atoms with Crippen LogP contribution < -0.4 is 16.0 Å². The number of nitrogens with one attached hydrogen (secondary N) is 3. The Hall–Kier alpha value is -2.73. The van der Waals surface area contributed by atoms with Crippen molar-refractivity contribution >= 4 is 17.5 Å². The first kappa shape index (κ1) is 16.1. The maximum Gasteiger partial charge on any atom is 0.251 e. The maximum absolute atomic E-state index is 12.3. The first-order valence-corrected chi connectivity index (χ1v) is 8.02. The van der Waals surface area contributed by atoms with Crippen molar-refractivity contribution in [3.05, 3.63) is 59.9 Å². The lowest BCUT2D eigenvalue weighted by atomic mass is 10.1. The Bertz CT molecular complexity index is 712. The summed E-state index contributed by atoms with van der Waals surface area (Å²) in [5.74, 6) is -0.211. The van der Waals surface area contributed by atoms with Gasteiger partial charge in [0.05, 0.1) is 18.2 Å². The van der Waals surface area contributed by atoms with Crippen LogP contribution >= 0.6 is 0 Å². The molecule has 1 aliphatic heterocycles. The fraction of sp³-hybridized carbons (Fsp3) is 0.278. The van der Waals surface area contributed by atoms with E-state index in [4.69, 9.17) is 0 Å². The molecular weight excluding hydrogens is 304 g/mol. The van der Waals surface area contributed by atoms with Crippen molar-refractivity contribution in [3.63, 3.8) is 0 Å². The molecule has 1 aromatic heterocycles. The van der Waals surface area contributed by atoms with E-state index in [1.165, 1.54) is 0 Å². The minimum absolute atomic E-state index is 0.00774. The van der Waals surface area contributed by atoms with E-state index < -0.39 is 0 Å². The third-order valence-corrected chi connectivity index (χ3v) is 3.98. The number of nitrogens with zero attached hydrogens (tertiary/aromatic N) is 1. The van der Waals surface area contributed by atoms with Crippen LogP contribution in [0.2, 0.25) is 0 Å². The van der Waals surface area contributed by atoms with Crippen LogP contribution in [-0.2, 0) is 11.3 Å². The second-order valence-electron chi connectivity index (χ2n) is 5.76. The number of rotatable bonds is 5. The molecule has 0 bridgehead atoms. The van der Waals surface area contributed by atoms with Gasteiger partial charge in [-0.2, -0.15) is 0 Å². The van der Waals surface area contributed by atoms with Gasteiger partial charge in [-0.1, -0.05) is 12.1 Å². The number of benzene rings is 1. The van der Waals surface area contributed by atoms with Gasteiger partial charge in [-0.05, 0) is 43.3 Å². The van der Waals surface area contributed by atoms with Gasteiger partial charge >= 0.3 is 0 Å². The highest BCUT2D eigenvalue weighted by Crippen LogP contribution is 2.15. The fourth-order valence-electron chi connectivity index (χ4n) is 2.64. The van der Waals surface area contributed by atoms with E-state index >= 15 is 0 Å². The van der Waals surface area contributed by atoms with Crippen molar-refractivity contribution in [2.45, 2.75) is 13.0 Å². The molecule has 24 heavy (non-hydrogen) atoms. The van der Waals surface area contributed by atoms with Crippen LogP contribution in [0.3, 0.4) is 0 Å². The van der Waals surface area contributed by atoms with E-state index in [-0.39, 0.29) is 17.7 Å². The Morgan fingerprint density at radius 2 is 2.12 bits per heavy atom. The first-order chi connectivity index (χ1) is 11.7. The molecule has 6 nitrogen and oxygen atoms in total. The summed E-state index contributed by atoms with van der Waals surface area (Å²) in [6.45, 7) is 1.94.